The molecular formula is C30H18N2O3. The maximum Gasteiger partial charge on any atom is 0.152 e. The van der Waals surface area contributed by atoms with Gasteiger partial charge < -0.3 is 14.4 Å². The van der Waals surface area contributed by atoms with Crippen molar-refractivity contribution in [3.8, 4) is 22.5 Å². The second-order valence-electron chi connectivity index (χ2n) is 8.68. The zero-order chi connectivity index (χ0) is 23.5. The van der Waals surface area contributed by atoms with Crippen LogP contribution in [0.15, 0.2) is 89.3 Å². The molecule has 7 aromatic rings. The summed E-state index contributed by atoms with van der Waals surface area (Å²) >= 11 is 0. The number of fused-ring (bicyclic) bond motifs is 5. The normalized spacial score (nSPS) is 11.7. The van der Waals surface area contributed by atoms with Crippen LogP contribution in [-0.2, 0) is 0 Å². The lowest BCUT2D eigenvalue weighted by molar-refractivity contribution is 0.111. The summed E-state index contributed by atoms with van der Waals surface area (Å²) in [5.74, 6) is 0. The first-order chi connectivity index (χ1) is 17.2. The maximum absolute atomic E-state index is 12.0. The van der Waals surface area contributed by atoms with Crippen LogP contribution < -0.4 is 0 Å². The molecule has 0 spiro atoms. The van der Waals surface area contributed by atoms with Crippen LogP contribution in [0.4, 0.5) is 0 Å². The van der Waals surface area contributed by atoms with E-state index in [1.54, 1.807) is 0 Å². The van der Waals surface area contributed by atoms with Gasteiger partial charge in [-0.3, -0.25) is 9.59 Å². The summed E-state index contributed by atoms with van der Waals surface area (Å²) in [6, 6.07) is 27.5. The number of H-pyrrole nitrogens is 2. The van der Waals surface area contributed by atoms with Crippen LogP contribution >= 0.6 is 0 Å². The molecule has 0 aliphatic rings. The Bertz CT molecular complexity index is 1810. The van der Waals surface area contributed by atoms with Gasteiger partial charge in [0.05, 0.1) is 11.4 Å². The Morgan fingerprint density at radius 3 is 1.46 bits per heavy atom. The van der Waals surface area contributed by atoms with Crippen molar-refractivity contribution in [1.82, 2.24) is 9.97 Å². The Kier molecular flexibility index (Phi) is 4.08. The molecule has 0 saturated heterocycles. The van der Waals surface area contributed by atoms with Crippen LogP contribution in [-0.4, -0.2) is 22.5 Å². The fourth-order valence-corrected chi connectivity index (χ4v) is 5.12. The summed E-state index contributed by atoms with van der Waals surface area (Å²) in [6.07, 6.45) is 1.81. The molecule has 2 N–H and O–H groups in total. The molecule has 0 atom stereocenters. The topological polar surface area (TPSA) is 78.9 Å². The lowest BCUT2D eigenvalue weighted by Gasteiger charge is -2.02. The number of rotatable bonds is 4. The van der Waals surface area contributed by atoms with Crippen molar-refractivity contribution >= 4 is 56.3 Å². The molecule has 0 radical (unpaired) electrons. The Balaban J connectivity index is 1.45. The number of nitrogens with one attached hydrogen (secondary N) is 2. The van der Waals surface area contributed by atoms with Gasteiger partial charge in [-0.2, -0.15) is 0 Å². The number of carbonyl (C=O) groups excluding carboxylic acids is 2. The van der Waals surface area contributed by atoms with E-state index in [-0.39, 0.29) is 0 Å². The first-order valence-electron chi connectivity index (χ1n) is 11.3. The molecule has 0 saturated carbocycles. The molecule has 35 heavy (non-hydrogen) atoms. The van der Waals surface area contributed by atoms with Gasteiger partial charge in [0.25, 0.3) is 0 Å². The van der Waals surface area contributed by atoms with E-state index in [1.807, 2.05) is 72.8 Å². The van der Waals surface area contributed by atoms with Crippen molar-refractivity contribution in [2.45, 2.75) is 0 Å². The minimum Gasteiger partial charge on any atom is -0.456 e. The number of carbonyl (C=O) groups is 2. The van der Waals surface area contributed by atoms with Gasteiger partial charge in [-0.1, -0.05) is 36.4 Å². The van der Waals surface area contributed by atoms with E-state index in [0.717, 1.165) is 78.8 Å². The predicted octanol–water partition coefficient (Wildman–Crippen LogP) is 7.51. The van der Waals surface area contributed by atoms with Crippen molar-refractivity contribution in [1.29, 1.82) is 0 Å². The van der Waals surface area contributed by atoms with Gasteiger partial charge in [-0.05, 0) is 59.7 Å². The molecule has 5 heteroatoms. The van der Waals surface area contributed by atoms with Gasteiger partial charge in [0.1, 0.15) is 11.2 Å². The fourth-order valence-electron chi connectivity index (χ4n) is 5.12. The largest absolute Gasteiger partial charge is 0.456 e. The third kappa shape index (κ3) is 2.82. The highest BCUT2D eigenvalue weighted by atomic mass is 16.3. The van der Waals surface area contributed by atoms with E-state index in [2.05, 4.69) is 22.1 Å². The maximum atomic E-state index is 12.0. The zero-order valence-corrected chi connectivity index (χ0v) is 18.5. The number of hydrogen-bond donors (Lipinski definition) is 2. The van der Waals surface area contributed by atoms with Crippen LogP contribution in [0.25, 0.3) is 66.3 Å². The van der Waals surface area contributed by atoms with Gasteiger partial charge >= 0.3 is 0 Å². The molecule has 0 bridgehead atoms. The molecule has 0 unspecified atom stereocenters. The number of benzene rings is 4. The molecule has 0 aliphatic heterocycles. The number of furan rings is 1. The number of aromatic nitrogens is 2. The first-order valence-corrected chi connectivity index (χ1v) is 11.3. The van der Waals surface area contributed by atoms with E-state index < -0.39 is 0 Å². The summed E-state index contributed by atoms with van der Waals surface area (Å²) < 4.78 is 6.11. The third-order valence-corrected chi connectivity index (χ3v) is 6.77. The molecular weight excluding hydrogens is 436 g/mol. The van der Waals surface area contributed by atoms with Crippen LogP contribution in [0, 0.1) is 0 Å². The molecule has 7 rings (SSSR count). The lowest BCUT2D eigenvalue weighted by atomic mass is 10.0. The summed E-state index contributed by atoms with van der Waals surface area (Å²) in [7, 11) is 0. The molecule has 0 aliphatic carbocycles. The van der Waals surface area contributed by atoms with Crippen LogP contribution in [0.5, 0.6) is 0 Å². The number of aromatic amines is 2. The third-order valence-electron chi connectivity index (χ3n) is 6.77. The quantitative estimate of drug-likeness (QED) is 0.270. The molecule has 3 aromatic heterocycles. The molecule has 3 heterocycles. The first kappa shape index (κ1) is 19.6. The van der Waals surface area contributed by atoms with E-state index in [1.165, 1.54) is 0 Å². The summed E-state index contributed by atoms with van der Waals surface area (Å²) in [5, 5.41) is 3.69. The van der Waals surface area contributed by atoms with Crippen molar-refractivity contribution < 1.29 is 14.0 Å². The van der Waals surface area contributed by atoms with Crippen LogP contribution in [0.1, 0.15) is 20.7 Å². The highest BCUT2D eigenvalue weighted by Gasteiger charge is 2.17. The summed E-state index contributed by atoms with van der Waals surface area (Å²) in [6.45, 7) is 0. The Hall–Kier alpha value is -4.90. The zero-order valence-electron chi connectivity index (χ0n) is 18.5. The van der Waals surface area contributed by atoms with Gasteiger partial charge in [-0.15, -0.1) is 0 Å². The molecule has 0 amide bonds. The van der Waals surface area contributed by atoms with Crippen molar-refractivity contribution in [3.05, 3.63) is 96.1 Å². The van der Waals surface area contributed by atoms with E-state index >= 15 is 0 Å². The van der Waals surface area contributed by atoms with Gasteiger partial charge in [0, 0.05) is 43.7 Å². The summed E-state index contributed by atoms with van der Waals surface area (Å²) in [5.41, 5.74) is 8.03. The molecule has 5 nitrogen and oxygen atoms in total. The Morgan fingerprint density at radius 2 is 1.00 bits per heavy atom. The lowest BCUT2D eigenvalue weighted by Crippen LogP contribution is -1.85. The van der Waals surface area contributed by atoms with Crippen molar-refractivity contribution in [3.63, 3.8) is 0 Å². The van der Waals surface area contributed by atoms with E-state index in [0.29, 0.717) is 11.1 Å². The van der Waals surface area contributed by atoms with Crippen LogP contribution in [0.2, 0.25) is 0 Å². The molecule has 166 valence electrons. The Labute approximate surface area is 199 Å². The Morgan fingerprint density at radius 1 is 0.543 bits per heavy atom. The second kappa shape index (κ2) is 7.30. The van der Waals surface area contributed by atoms with Gasteiger partial charge in [-0.25, -0.2) is 0 Å². The highest BCUT2D eigenvalue weighted by molar-refractivity contribution is 6.11. The van der Waals surface area contributed by atoms with Gasteiger partial charge in [0.2, 0.25) is 0 Å². The second-order valence-corrected chi connectivity index (χ2v) is 8.68. The van der Waals surface area contributed by atoms with Crippen molar-refractivity contribution in [2.75, 3.05) is 0 Å². The van der Waals surface area contributed by atoms with E-state index in [9.17, 15) is 9.59 Å². The predicted molar refractivity (Wildman–Crippen MR) is 139 cm³/mol. The average molecular weight is 454 g/mol. The standard InChI is InChI=1S/C30H18N2O3/c33-15-23-19-5-1-3-7-25(19)31-29(23)17-9-11-27-21(13-17)22-14-18(10-12-28(22)35-27)30-24(16-34)20-6-2-4-8-26(20)32-30/h1-16,31-32H. The van der Waals surface area contributed by atoms with Gasteiger partial charge in [0.15, 0.2) is 12.6 Å². The number of aldehydes is 2. The highest BCUT2D eigenvalue weighted by Crippen LogP contribution is 2.37. The van der Waals surface area contributed by atoms with E-state index in [4.69, 9.17) is 4.42 Å². The van der Waals surface area contributed by atoms with Crippen LogP contribution in [0.3, 0.4) is 0 Å². The monoisotopic (exact) mass is 454 g/mol. The number of hydrogen-bond acceptors (Lipinski definition) is 3. The molecule has 0 fully saturated rings. The smallest absolute Gasteiger partial charge is 0.152 e. The minimum atomic E-state index is 0.641. The fraction of sp³-hybridized carbons (Fsp3) is 0. The summed E-state index contributed by atoms with van der Waals surface area (Å²) in [4.78, 5) is 30.7. The van der Waals surface area contributed by atoms with Crippen molar-refractivity contribution in [2.24, 2.45) is 0 Å². The minimum absolute atomic E-state index is 0.641. The average Bonchev–Trinajstić information content (AvgIpc) is 3.58. The molecule has 4 aromatic carbocycles. The SMILES string of the molecule is O=Cc1c(-c2ccc3oc4ccc(-c5[nH]c6ccccc6c5C=O)cc4c3c2)[nH]c2ccccc12. The number of para-hydroxylation sites is 2.